The van der Waals surface area contributed by atoms with E-state index in [1.807, 2.05) is 0 Å². The average molecular weight is 1260 g/mol. The summed E-state index contributed by atoms with van der Waals surface area (Å²) in [4.78, 5) is 120. The molecule has 0 bridgehead atoms. The molecular weight excluding hydrogens is 1160 g/mol. The minimum absolute atomic E-state index is 0.00914. The topological polar surface area (TPSA) is 380 Å². The molecule has 1 saturated carbocycles. The highest BCUT2D eigenvalue weighted by atomic mass is 32.2. The lowest BCUT2D eigenvalue weighted by Crippen LogP contribution is -2.71. The van der Waals surface area contributed by atoms with Crippen LogP contribution in [0.25, 0.3) is 0 Å². The number of nitrogens with one attached hydrogen (secondary N) is 6. The minimum atomic E-state index is -4.77. The number of hydrogen-bond donors (Lipinski definition) is 6. The molecular formula is C55H94N6O24S. The second-order valence-corrected chi connectivity index (χ2v) is 27.6. The molecule has 1 aliphatic carbocycles. The normalized spacial score (nSPS) is 26.8. The third-order valence-corrected chi connectivity index (χ3v) is 12.5. The Hall–Kier alpha value is -6.02. The van der Waals surface area contributed by atoms with Crippen LogP contribution in [0, 0.1) is 0 Å². The largest absolute Gasteiger partial charge is 0.457 e. The first-order valence-corrected chi connectivity index (χ1v) is 30.3. The molecule has 6 unspecified atom stereocenters. The molecule has 2 saturated heterocycles. The summed E-state index contributed by atoms with van der Waals surface area (Å²) in [6.07, 6.45) is -21.3. The number of rotatable bonds is 20. The van der Waals surface area contributed by atoms with Gasteiger partial charge in [0.25, 0.3) is 16.0 Å². The first kappa shape index (κ1) is 74.2. The standard InChI is InChI=1S/C55H94N6O24S/c1-21-35-40(74-29(3)63)37(61-50(70)84-55(17,18)19)41(75-30(4)64)45(77-35)79-38-33(58-43(65)36(73-28(2)62)24-25-56-46(66)80-51(5,6)7)26-34(60-49(69)83-54(14,15)16)39(42(38)85-86(20,71)72)78-44-32(59-48(68)82-53(11,12)13)23-22-31(76-44)27-57-47(67)81-52(8,9)10/h31-42,44-45H,21-27H2,1-20H3,(H,56,66)(H,57,67)(H,58,65)(H,59,68)(H,60,69)(H,61,70)/t31?,32?,33-,34+,35?,36+,37+,38+,39?,40+,41?,42?,44-,45-/m1/s1. The van der Waals surface area contributed by atoms with Crippen molar-refractivity contribution in [1.82, 2.24) is 31.9 Å². The fraction of sp³-hybridized carbons (Fsp3) is 0.836. The predicted octanol–water partition coefficient (Wildman–Crippen LogP) is 4.54. The molecule has 0 aromatic carbocycles. The maximum absolute atomic E-state index is 14.8. The van der Waals surface area contributed by atoms with Gasteiger partial charge in [0.2, 0.25) is 0 Å². The van der Waals surface area contributed by atoms with Crippen molar-refractivity contribution in [1.29, 1.82) is 0 Å². The number of ether oxygens (including phenoxy) is 12. The van der Waals surface area contributed by atoms with E-state index in [0.29, 0.717) is 6.26 Å². The Kier molecular flexibility index (Phi) is 26.5. The molecule has 3 rings (SSSR count). The van der Waals surface area contributed by atoms with Crippen LogP contribution in [-0.2, 0) is 90.3 Å². The molecule has 31 heteroatoms. The van der Waals surface area contributed by atoms with Crippen molar-refractivity contribution >= 4 is 64.4 Å². The molecule has 494 valence electrons. The highest BCUT2D eigenvalue weighted by molar-refractivity contribution is 7.86. The quantitative estimate of drug-likeness (QED) is 0.0553. The Morgan fingerprint density at radius 3 is 1.42 bits per heavy atom. The lowest BCUT2D eigenvalue weighted by Gasteiger charge is -2.51. The first-order chi connectivity index (χ1) is 39.2. The summed E-state index contributed by atoms with van der Waals surface area (Å²) < 4.78 is 105. The summed E-state index contributed by atoms with van der Waals surface area (Å²) in [5, 5.41) is 15.9. The molecule has 6 N–H and O–H groups in total. The van der Waals surface area contributed by atoms with Crippen LogP contribution in [0.4, 0.5) is 24.0 Å². The monoisotopic (exact) mass is 1250 g/mol. The van der Waals surface area contributed by atoms with Gasteiger partial charge in [-0.25, -0.2) is 24.0 Å². The third-order valence-electron chi connectivity index (χ3n) is 11.9. The van der Waals surface area contributed by atoms with Crippen molar-refractivity contribution in [3.8, 4) is 0 Å². The second-order valence-electron chi connectivity index (χ2n) is 26.0. The van der Waals surface area contributed by atoms with E-state index in [0.717, 1.165) is 20.8 Å². The molecule has 3 aliphatic rings. The van der Waals surface area contributed by atoms with Gasteiger partial charge in [0.05, 0.1) is 36.6 Å². The van der Waals surface area contributed by atoms with Gasteiger partial charge in [-0.3, -0.25) is 23.4 Å². The molecule has 0 aromatic heterocycles. The van der Waals surface area contributed by atoms with Gasteiger partial charge in [0.1, 0.15) is 52.4 Å². The molecule has 2 aliphatic heterocycles. The van der Waals surface area contributed by atoms with Crippen molar-refractivity contribution in [2.24, 2.45) is 0 Å². The van der Waals surface area contributed by atoms with Gasteiger partial charge < -0.3 is 88.7 Å². The van der Waals surface area contributed by atoms with E-state index < -0.39 is 184 Å². The zero-order chi connectivity index (χ0) is 65.7. The van der Waals surface area contributed by atoms with Crippen LogP contribution in [0.3, 0.4) is 0 Å². The maximum Gasteiger partial charge on any atom is 0.408 e. The number of carbonyl (C=O) groups is 9. The fourth-order valence-electron chi connectivity index (χ4n) is 9.10. The molecule has 86 heavy (non-hydrogen) atoms. The Morgan fingerprint density at radius 2 is 0.953 bits per heavy atom. The molecule has 14 atom stereocenters. The van der Waals surface area contributed by atoms with Crippen LogP contribution in [0.15, 0.2) is 0 Å². The number of alkyl carbamates (subject to hydrolysis) is 5. The minimum Gasteiger partial charge on any atom is -0.457 e. The van der Waals surface area contributed by atoms with E-state index in [9.17, 15) is 51.6 Å². The van der Waals surface area contributed by atoms with Gasteiger partial charge in [-0.2, -0.15) is 8.42 Å². The first-order valence-electron chi connectivity index (χ1n) is 28.4. The smallest absolute Gasteiger partial charge is 0.408 e. The summed E-state index contributed by atoms with van der Waals surface area (Å²) in [5.41, 5.74) is -5.06. The molecule has 2 heterocycles. The highest BCUT2D eigenvalue weighted by Crippen LogP contribution is 2.37. The number of esters is 3. The number of carbonyl (C=O) groups excluding carboxylic acids is 9. The fourth-order valence-corrected chi connectivity index (χ4v) is 9.72. The van der Waals surface area contributed by atoms with Crippen molar-refractivity contribution in [2.75, 3.05) is 19.3 Å². The molecule has 0 radical (unpaired) electrons. The Bertz CT molecular complexity index is 2470. The highest BCUT2D eigenvalue weighted by Gasteiger charge is 2.57. The number of hydrogen-bond acceptors (Lipinski definition) is 24. The molecule has 3 fully saturated rings. The molecule has 0 spiro atoms. The van der Waals surface area contributed by atoms with Gasteiger partial charge in [-0.1, -0.05) is 6.92 Å². The zero-order valence-electron chi connectivity index (χ0n) is 53.2. The molecule has 30 nitrogen and oxygen atoms in total. The van der Waals surface area contributed by atoms with Gasteiger partial charge in [-0.15, -0.1) is 0 Å². The van der Waals surface area contributed by atoms with Crippen LogP contribution in [0.5, 0.6) is 0 Å². The lowest BCUT2D eigenvalue weighted by atomic mass is 9.82. The summed E-state index contributed by atoms with van der Waals surface area (Å²) >= 11 is 0. The average Bonchev–Trinajstić information content (AvgIpc) is 2.71. The van der Waals surface area contributed by atoms with Crippen LogP contribution in [-0.4, -0.2) is 196 Å². The van der Waals surface area contributed by atoms with Gasteiger partial charge in [0, 0.05) is 40.3 Å². The predicted molar refractivity (Wildman–Crippen MR) is 302 cm³/mol. The van der Waals surface area contributed by atoms with Crippen molar-refractivity contribution in [3.63, 3.8) is 0 Å². The summed E-state index contributed by atoms with van der Waals surface area (Å²) in [6.45, 7) is 28.4. The van der Waals surface area contributed by atoms with E-state index in [1.54, 1.807) is 111 Å². The van der Waals surface area contributed by atoms with Gasteiger partial charge in [-0.05, 0) is 130 Å². The van der Waals surface area contributed by atoms with E-state index in [1.165, 1.54) is 0 Å². The Morgan fingerprint density at radius 1 is 0.512 bits per heavy atom. The molecule has 0 aromatic rings. The van der Waals surface area contributed by atoms with Crippen molar-refractivity contribution < 1.29 is 113 Å². The van der Waals surface area contributed by atoms with E-state index >= 15 is 0 Å². The third kappa shape index (κ3) is 27.4. The van der Waals surface area contributed by atoms with Gasteiger partial charge in [0.15, 0.2) is 30.9 Å². The molecule has 6 amide bonds. The second kappa shape index (κ2) is 30.7. The van der Waals surface area contributed by atoms with Crippen LogP contribution in [0.1, 0.15) is 164 Å². The van der Waals surface area contributed by atoms with Crippen LogP contribution >= 0.6 is 0 Å². The lowest BCUT2D eigenvalue weighted by molar-refractivity contribution is -0.314. The van der Waals surface area contributed by atoms with Crippen LogP contribution in [0.2, 0.25) is 0 Å². The Labute approximate surface area is 503 Å². The van der Waals surface area contributed by atoms with Crippen LogP contribution < -0.4 is 31.9 Å². The summed E-state index contributed by atoms with van der Waals surface area (Å²) in [6, 6.07) is -5.88. The van der Waals surface area contributed by atoms with Gasteiger partial charge >= 0.3 is 48.4 Å². The SMILES string of the molecule is CCC1O[C@H](O[C@@H]2C(OS(C)(=O)=O)C(O[C@H]3OC(CNC(=O)OC(C)(C)C)CCC3NC(=O)OC(C)(C)C)[C@@H](NC(=O)OC(C)(C)C)C[C@H]2NC(=O)[C@H](CCNC(=O)OC(C)(C)C)OC(C)=O)C(OC(C)=O)[C@@H](NC(=O)OC(C)(C)C)[C@H]1OC(C)=O. The summed E-state index contributed by atoms with van der Waals surface area (Å²) in [7, 11) is -4.77. The zero-order valence-corrected chi connectivity index (χ0v) is 54.1. The van der Waals surface area contributed by atoms with E-state index in [2.05, 4.69) is 31.9 Å². The maximum atomic E-state index is 14.8. The van der Waals surface area contributed by atoms with Crippen molar-refractivity contribution in [3.05, 3.63) is 0 Å². The van der Waals surface area contributed by atoms with E-state index in [4.69, 9.17) is 61.0 Å². The van der Waals surface area contributed by atoms with E-state index in [-0.39, 0.29) is 38.8 Å². The Balaban J connectivity index is 2.46. The van der Waals surface area contributed by atoms with Crippen molar-refractivity contribution in [2.45, 2.75) is 277 Å². The summed E-state index contributed by atoms with van der Waals surface area (Å²) in [5.74, 6) is -3.83. The number of amides is 6.